The summed E-state index contributed by atoms with van der Waals surface area (Å²) in [7, 11) is 0. The second-order valence-corrected chi connectivity index (χ2v) is 10.1. The normalized spacial score (nSPS) is 13.2. The Labute approximate surface area is 272 Å². The van der Waals surface area contributed by atoms with Crippen LogP contribution in [0.3, 0.4) is 0 Å². The first kappa shape index (κ1) is 42.8. The monoisotopic (exact) mass is 617 g/mol. The van der Waals surface area contributed by atoms with Crippen LogP contribution in [0.4, 0.5) is 8.78 Å². The van der Waals surface area contributed by atoms with Crippen LogP contribution in [0.15, 0.2) is 106 Å². The summed E-state index contributed by atoms with van der Waals surface area (Å²) in [5, 5.41) is 8.29. The molecular formula is C39H53F2N3O. The largest absolute Gasteiger partial charge is 0.296 e. The van der Waals surface area contributed by atoms with E-state index in [1.165, 1.54) is 0 Å². The molecule has 0 fully saturated rings. The number of unbranched alkanes of at least 4 members (excludes halogenated alkanes) is 1. The average Bonchev–Trinajstić information content (AvgIpc) is 3.19. The van der Waals surface area contributed by atoms with Crippen molar-refractivity contribution in [3.63, 3.8) is 0 Å². The zero-order valence-electron chi connectivity index (χ0n) is 28.5. The summed E-state index contributed by atoms with van der Waals surface area (Å²) in [5.41, 5.74) is 5.40. The summed E-state index contributed by atoms with van der Waals surface area (Å²) in [6.45, 7) is 17.3. The van der Waals surface area contributed by atoms with E-state index >= 15 is 0 Å². The van der Waals surface area contributed by atoms with Gasteiger partial charge in [-0.3, -0.25) is 14.7 Å². The summed E-state index contributed by atoms with van der Waals surface area (Å²) in [6, 6.07) is 11.2. The van der Waals surface area contributed by atoms with Gasteiger partial charge in [-0.1, -0.05) is 87.9 Å². The number of aliphatic imine (C=N–C) groups is 1. The number of nitrogens with zero attached hydrogens (tertiary/aromatic N) is 3. The van der Waals surface area contributed by atoms with Crippen LogP contribution < -0.4 is 0 Å². The number of amides is 1. The molecule has 45 heavy (non-hydrogen) atoms. The van der Waals surface area contributed by atoms with Gasteiger partial charge >= 0.3 is 0 Å². The fourth-order valence-corrected chi connectivity index (χ4v) is 3.84. The predicted octanol–water partition coefficient (Wildman–Crippen LogP) is 10.2. The Morgan fingerprint density at radius 2 is 1.76 bits per heavy atom. The van der Waals surface area contributed by atoms with Gasteiger partial charge in [-0.15, -0.1) is 12.8 Å². The molecule has 1 amide bonds. The Bertz CT molecular complexity index is 1270. The van der Waals surface area contributed by atoms with Gasteiger partial charge in [-0.25, -0.2) is 8.78 Å². The molecule has 244 valence electrons. The van der Waals surface area contributed by atoms with Crippen LogP contribution in [-0.4, -0.2) is 43.1 Å². The summed E-state index contributed by atoms with van der Waals surface area (Å²) < 4.78 is 26.3. The molecule has 1 aliphatic rings. The van der Waals surface area contributed by atoms with Crippen molar-refractivity contribution in [3.05, 3.63) is 106 Å². The van der Waals surface area contributed by atoms with Crippen LogP contribution in [0, 0.1) is 24.2 Å². The Morgan fingerprint density at radius 1 is 1.11 bits per heavy atom. The number of hydrogen-bond donors (Lipinski definition) is 0. The molecule has 4 nitrogen and oxygen atoms in total. The van der Waals surface area contributed by atoms with E-state index in [2.05, 4.69) is 26.3 Å². The van der Waals surface area contributed by atoms with Crippen molar-refractivity contribution < 1.29 is 13.6 Å². The maximum Gasteiger partial charge on any atom is 0.255 e. The number of allylic oxidation sites excluding steroid dienone is 8. The van der Waals surface area contributed by atoms with E-state index in [-0.39, 0.29) is 5.91 Å². The van der Waals surface area contributed by atoms with Gasteiger partial charge in [-0.05, 0) is 75.0 Å². The molecule has 0 aromatic heterocycles. The Kier molecular flexibility index (Phi) is 26.0. The zero-order chi connectivity index (χ0) is 34.6. The summed E-state index contributed by atoms with van der Waals surface area (Å²) >= 11 is 0. The highest BCUT2D eigenvalue weighted by Gasteiger charge is 2.27. The molecule has 0 saturated carbocycles. The minimum atomic E-state index is -0.603. The highest BCUT2D eigenvalue weighted by Crippen LogP contribution is 2.24. The van der Waals surface area contributed by atoms with Gasteiger partial charge in [-0.2, -0.15) is 5.26 Å². The standard InChI is InChI=1S/C28H40F2N2O.C7H5N.C2H6.C2H2/c1-7-9-10-27-31-20-23(6)26(17-24(8-2)14-12-22(5)18-29)28(33)32(27)16-15-25(19-30)13-11-21(3)4;8-6-7-4-2-1-3-5-7;2*1-2/h8,11-14H,5,7,9-10,15-20H2,1-4,6H3;1-5H;1-2H3;1-2H/b14-12-,24-8+,25-13-;;;. The molecule has 0 N–H and O–H groups in total. The third-order valence-corrected chi connectivity index (χ3v) is 6.42. The molecule has 0 spiro atoms. The van der Waals surface area contributed by atoms with Crippen molar-refractivity contribution >= 4 is 11.7 Å². The molecule has 0 aliphatic carbocycles. The summed E-state index contributed by atoms with van der Waals surface area (Å²) in [5.74, 6) is 0.706. The van der Waals surface area contributed by atoms with Crippen molar-refractivity contribution in [1.82, 2.24) is 4.90 Å². The highest BCUT2D eigenvalue weighted by molar-refractivity contribution is 6.07. The fourth-order valence-electron chi connectivity index (χ4n) is 3.84. The molecule has 1 heterocycles. The summed E-state index contributed by atoms with van der Waals surface area (Å²) in [6.07, 6.45) is 20.6. The van der Waals surface area contributed by atoms with Gasteiger partial charge in [0.25, 0.3) is 5.91 Å². The molecule has 0 atom stereocenters. The van der Waals surface area contributed by atoms with E-state index in [0.29, 0.717) is 48.2 Å². The lowest BCUT2D eigenvalue weighted by atomic mass is 9.98. The molecule has 0 saturated heterocycles. The lowest BCUT2D eigenvalue weighted by Gasteiger charge is -2.25. The van der Waals surface area contributed by atoms with Gasteiger partial charge in [0.15, 0.2) is 0 Å². The first-order chi connectivity index (χ1) is 21.7. The third kappa shape index (κ3) is 18.2. The quantitative estimate of drug-likeness (QED) is 0.163. The molecule has 1 aromatic carbocycles. The van der Waals surface area contributed by atoms with E-state index < -0.39 is 13.3 Å². The summed E-state index contributed by atoms with van der Waals surface area (Å²) in [4.78, 5) is 20.2. The van der Waals surface area contributed by atoms with E-state index in [0.717, 1.165) is 41.8 Å². The van der Waals surface area contributed by atoms with Crippen LogP contribution >= 0.6 is 0 Å². The SMILES string of the molecule is C#C.C=C(/C=C\C(=C/C)CC1=C(C)CN=C(CCCC)N(CC/C(=C/C=C(C)C)CF)C1=O)CF.CC.N#Cc1ccccc1. The second kappa shape index (κ2) is 27.3. The van der Waals surface area contributed by atoms with E-state index in [1.54, 1.807) is 23.1 Å². The number of amidine groups is 1. The lowest BCUT2D eigenvalue weighted by molar-refractivity contribution is -0.123. The molecule has 0 bridgehead atoms. The minimum Gasteiger partial charge on any atom is -0.296 e. The molecule has 0 unspecified atom stereocenters. The first-order valence-corrected chi connectivity index (χ1v) is 15.5. The van der Waals surface area contributed by atoms with Crippen LogP contribution in [0.5, 0.6) is 0 Å². The molecule has 1 aliphatic heterocycles. The molecule has 6 heteroatoms. The number of benzene rings is 1. The van der Waals surface area contributed by atoms with E-state index in [9.17, 15) is 13.6 Å². The van der Waals surface area contributed by atoms with Crippen LogP contribution in [0.2, 0.25) is 0 Å². The van der Waals surface area contributed by atoms with E-state index in [4.69, 9.17) is 10.3 Å². The average molecular weight is 618 g/mol. The molecular weight excluding hydrogens is 564 g/mol. The smallest absolute Gasteiger partial charge is 0.255 e. The third-order valence-electron chi connectivity index (χ3n) is 6.42. The number of carbonyl (C=O) groups is 1. The van der Waals surface area contributed by atoms with Crippen molar-refractivity contribution in [1.29, 1.82) is 5.26 Å². The highest BCUT2D eigenvalue weighted by atomic mass is 19.1. The van der Waals surface area contributed by atoms with Gasteiger partial charge in [0, 0.05) is 25.0 Å². The maximum absolute atomic E-state index is 13.7. The van der Waals surface area contributed by atoms with Crippen molar-refractivity contribution in [2.24, 2.45) is 4.99 Å². The van der Waals surface area contributed by atoms with Crippen LogP contribution in [0.1, 0.15) is 86.1 Å². The zero-order valence-corrected chi connectivity index (χ0v) is 28.5. The minimum absolute atomic E-state index is 0.0719. The predicted molar refractivity (Wildman–Crippen MR) is 189 cm³/mol. The van der Waals surface area contributed by atoms with Crippen molar-refractivity contribution in [2.75, 3.05) is 26.4 Å². The topological polar surface area (TPSA) is 56.5 Å². The molecule has 0 radical (unpaired) electrons. The number of terminal acetylenes is 1. The second-order valence-electron chi connectivity index (χ2n) is 10.1. The van der Waals surface area contributed by atoms with Crippen LogP contribution in [0.25, 0.3) is 0 Å². The first-order valence-electron chi connectivity index (χ1n) is 15.5. The molecule has 2 rings (SSSR count). The number of rotatable bonds is 13. The van der Waals surface area contributed by atoms with Gasteiger partial charge in [0.1, 0.15) is 19.2 Å². The van der Waals surface area contributed by atoms with E-state index in [1.807, 2.05) is 90.1 Å². The Hall–Kier alpha value is -4.29. The van der Waals surface area contributed by atoms with Gasteiger partial charge in [0.2, 0.25) is 0 Å². The Balaban J connectivity index is 0. The maximum atomic E-state index is 13.7. The lowest BCUT2D eigenvalue weighted by Crippen LogP contribution is -2.38. The number of nitriles is 1. The Morgan fingerprint density at radius 3 is 2.24 bits per heavy atom. The molecule has 1 aromatic rings. The number of hydrogen-bond acceptors (Lipinski definition) is 3. The number of alkyl halides is 2. The van der Waals surface area contributed by atoms with Gasteiger partial charge in [0.05, 0.1) is 18.2 Å². The fraction of sp³-hybridized carbons (Fsp3) is 0.410. The number of carbonyl (C=O) groups excluding carboxylic acids is 1. The van der Waals surface area contributed by atoms with Crippen molar-refractivity contribution in [3.8, 4) is 18.9 Å². The van der Waals surface area contributed by atoms with Crippen molar-refractivity contribution in [2.45, 2.75) is 80.6 Å². The van der Waals surface area contributed by atoms with Crippen LogP contribution in [-0.2, 0) is 4.79 Å². The van der Waals surface area contributed by atoms with Gasteiger partial charge < -0.3 is 0 Å². The number of halogens is 2.